The first kappa shape index (κ1) is 20.9. The molecule has 1 aromatic carbocycles. The SMILES string of the molecule is COc1ccc(C)cc1C(C)NC(=NCc1nnc(C)n1C)NCc1cccs1. The summed E-state index contributed by atoms with van der Waals surface area (Å²) in [5.74, 6) is 3.27. The van der Waals surface area contributed by atoms with E-state index in [1.165, 1.54) is 10.4 Å². The Morgan fingerprint density at radius 1 is 1.28 bits per heavy atom. The molecule has 2 heterocycles. The molecule has 1 unspecified atom stereocenters. The number of benzene rings is 1. The van der Waals surface area contributed by atoms with Crippen LogP contribution in [-0.4, -0.2) is 27.8 Å². The number of aromatic nitrogens is 3. The van der Waals surface area contributed by atoms with Crippen molar-refractivity contribution in [2.45, 2.75) is 39.9 Å². The Kier molecular flexibility index (Phi) is 6.87. The van der Waals surface area contributed by atoms with Crippen LogP contribution in [0.3, 0.4) is 0 Å². The zero-order valence-corrected chi connectivity index (χ0v) is 18.4. The number of rotatable bonds is 7. The first-order valence-electron chi connectivity index (χ1n) is 9.54. The van der Waals surface area contributed by atoms with Gasteiger partial charge in [0.1, 0.15) is 18.1 Å². The lowest BCUT2D eigenvalue weighted by Gasteiger charge is -2.21. The van der Waals surface area contributed by atoms with Crippen LogP contribution in [0.1, 0.15) is 40.6 Å². The van der Waals surface area contributed by atoms with E-state index in [0.717, 1.165) is 28.9 Å². The van der Waals surface area contributed by atoms with Crippen molar-refractivity contribution in [3.05, 3.63) is 63.4 Å². The minimum Gasteiger partial charge on any atom is -0.496 e. The Morgan fingerprint density at radius 3 is 2.76 bits per heavy atom. The number of thiophene rings is 1. The fourth-order valence-corrected chi connectivity index (χ4v) is 3.59. The van der Waals surface area contributed by atoms with Crippen LogP contribution < -0.4 is 15.4 Å². The lowest BCUT2D eigenvalue weighted by atomic mass is 10.0. The molecule has 0 aliphatic heterocycles. The second-order valence-corrected chi connectivity index (χ2v) is 7.96. The van der Waals surface area contributed by atoms with Gasteiger partial charge >= 0.3 is 0 Å². The van der Waals surface area contributed by atoms with Gasteiger partial charge in [0, 0.05) is 17.5 Å². The third-order valence-corrected chi connectivity index (χ3v) is 5.65. The zero-order chi connectivity index (χ0) is 20.8. The molecule has 0 radical (unpaired) electrons. The number of methoxy groups -OCH3 is 1. The molecule has 2 N–H and O–H groups in total. The van der Waals surface area contributed by atoms with E-state index in [-0.39, 0.29) is 6.04 Å². The van der Waals surface area contributed by atoms with Crippen molar-refractivity contribution < 1.29 is 4.74 Å². The van der Waals surface area contributed by atoms with E-state index in [1.807, 2.05) is 24.6 Å². The molecule has 2 aromatic heterocycles. The number of aryl methyl sites for hydroxylation is 2. The molecule has 0 aliphatic rings. The summed E-state index contributed by atoms with van der Waals surface area (Å²) in [5, 5.41) is 17.3. The second kappa shape index (κ2) is 9.56. The Bertz CT molecular complexity index is 964. The normalized spacial score (nSPS) is 12.7. The molecule has 3 aromatic rings. The average Bonchev–Trinajstić information content (AvgIpc) is 3.34. The van der Waals surface area contributed by atoms with Crippen LogP contribution >= 0.6 is 11.3 Å². The minimum atomic E-state index is 0.0145. The number of hydrogen-bond donors (Lipinski definition) is 2. The molecular weight excluding hydrogens is 384 g/mol. The van der Waals surface area contributed by atoms with Gasteiger partial charge in [-0.05, 0) is 38.3 Å². The maximum atomic E-state index is 5.55. The molecule has 7 nitrogen and oxygen atoms in total. The van der Waals surface area contributed by atoms with E-state index >= 15 is 0 Å². The number of aliphatic imine (C=N–C) groups is 1. The Hall–Kier alpha value is -2.87. The molecule has 0 fully saturated rings. The van der Waals surface area contributed by atoms with E-state index in [2.05, 4.69) is 64.3 Å². The predicted molar refractivity (Wildman–Crippen MR) is 117 cm³/mol. The van der Waals surface area contributed by atoms with E-state index in [0.29, 0.717) is 13.1 Å². The van der Waals surface area contributed by atoms with Gasteiger partial charge in [0.2, 0.25) is 0 Å². The van der Waals surface area contributed by atoms with Gasteiger partial charge < -0.3 is 19.9 Å². The zero-order valence-electron chi connectivity index (χ0n) is 17.6. The number of nitrogens with one attached hydrogen (secondary N) is 2. The first-order valence-corrected chi connectivity index (χ1v) is 10.4. The van der Waals surface area contributed by atoms with Gasteiger partial charge in [0.15, 0.2) is 11.8 Å². The van der Waals surface area contributed by atoms with Gasteiger partial charge in [-0.1, -0.05) is 23.8 Å². The molecule has 0 amide bonds. The van der Waals surface area contributed by atoms with Crippen molar-refractivity contribution in [1.29, 1.82) is 0 Å². The summed E-state index contributed by atoms with van der Waals surface area (Å²) in [6.45, 7) is 7.26. The van der Waals surface area contributed by atoms with Gasteiger partial charge in [-0.15, -0.1) is 21.5 Å². The highest BCUT2D eigenvalue weighted by atomic mass is 32.1. The minimum absolute atomic E-state index is 0.0145. The lowest BCUT2D eigenvalue weighted by molar-refractivity contribution is 0.405. The van der Waals surface area contributed by atoms with Gasteiger partial charge in [0.25, 0.3) is 0 Å². The summed E-state index contributed by atoms with van der Waals surface area (Å²) in [5.41, 5.74) is 2.28. The maximum absolute atomic E-state index is 5.55. The summed E-state index contributed by atoms with van der Waals surface area (Å²) in [6.07, 6.45) is 0. The second-order valence-electron chi connectivity index (χ2n) is 6.93. The summed E-state index contributed by atoms with van der Waals surface area (Å²) in [7, 11) is 3.65. The fourth-order valence-electron chi connectivity index (χ4n) is 2.95. The molecule has 0 saturated carbocycles. The Labute approximate surface area is 175 Å². The average molecular weight is 413 g/mol. The van der Waals surface area contributed by atoms with Gasteiger partial charge in [0.05, 0.1) is 19.7 Å². The highest BCUT2D eigenvalue weighted by Crippen LogP contribution is 2.26. The van der Waals surface area contributed by atoms with Crippen molar-refractivity contribution in [2.24, 2.45) is 12.0 Å². The van der Waals surface area contributed by atoms with Crippen LogP contribution in [0, 0.1) is 13.8 Å². The van der Waals surface area contributed by atoms with Crippen molar-refractivity contribution in [1.82, 2.24) is 25.4 Å². The molecule has 0 bridgehead atoms. The van der Waals surface area contributed by atoms with Crippen molar-refractivity contribution in [3.63, 3.8) is 0 Å². The largest absolute Gasteiger partial charge is 0.496 e. The smallest absolute Gasteiger partial charge is 0.192 e. The summed E-state index contributed by atoms with van der Waals surface area (Å²) in [4.78, 5) is 5.99. The third-order valence-electron chi connectivity index (χ3n) is 4.78. The molecule has 0 saturated heterocycles. The standard InChI is InChI=1S/C21H28N6OS/c1-14-8-9-19(28-5)18(11-14)15(2)24-21(22-12-17-7-6-10-29-17)23-13-20-26-25-16(3)27(20)4/h6-11,15H,12-13H2,1-5H3,(H2,22,23,24). The highest BCUT2D eigenvalue weighted by Gasteiger charge is 2.14. The number of hydrogen-bond acceptors (Lipinski definition) is 5. The van der Waals surface area contributed by atoms with Crippen LogP contribution in [0.25, 0.3) is 0 Å². The molecular formula is C21H28N6OS. The van der Waals surface area contributed by atoms with Crippen molar-refractivity contribution in [3.8, 4) is 5.75 Å². The van der Waals surface area contributed by atoms with Crippen LogP contribution in [-0.2, 0) is 20.1 Å². The molecule has 29 heavy (non-hydrogen) atoms. The van der Waals surface area contributed by atoms with Crippen molar-refractivity contribution >= 4 is 17.3 Å². The Morgan fingerprint density at radius 2 is 2.10 bits per heavy atom. The topological polar surface area (TPSA) is 76.4 Å². The number of nitrogens with zero attached hydrogens (tertiary/aromatic N) is 4. The van der Waals surface area contributed by atoms with Gasteiger partial charge in [-0.25, -0.2) is 4.99 Å². The summed E-state index contributed by atoms with van der Waals surface area (Å²) < 4.78 is 7.50. The first-order chi connectivity index (χ1) is 14.0. The predicted octanol–water partition coefficient (Wildman–Crippen LogP) is 3.50. The molecule has 1 atom stereocenters. The maximum Gasteiger partial charge on any atom is 0.192 e. The number of guanidine groups is 1. The molecule has 8 heteroatoms. The molecule has 154 valence electrons. The third kappa shape index (κ3) is 5.35. The molecule has 0 spiro atoms. The summed E-state index contributed by atoms with van der Waals surface area (Å²) >= 11 is 1.72. The monoisotopic (exact) mass is 412 g/mol. The molecule has 0 aliphatic carbocycles. The van der Waals surface area contributed by atoms with Crippen LogP contribution in [0.15, 0.2) is 40.7 Å². The quantitative estimate of drug-likeness (QED) is 0.459. The fraction of sp³-hybridized carbons (Fsp3) is 0.381. The van der Waals surface area contributed by atoms with E-state index in [9.17, 15) is 0 Å². The van der Waals surface area contributed by atoms with E-state index < -0.39 is 0 Å². The highest BCUT2D eigenvalue weighted by molar-refractivity contribution is 7.09. The van der Waals surface area contributed by atoms with Gasteiger partial charge in [-0.3, -0.25) is 0 Å². The summed E-state index contributed by atoms with van der Waals surface area (Å²) in [6, 6.07) is 10.4. The number of ether oxygens (including phenoxy) is 1. The lowest BCUT2D eigenvalue weighted by Crippen LogP contribution is -2.38. The van der Waals surface area contributed by atoms with Crippen LogP contribution in [0.4, 0.5) is 0 Å². The van der Waals surface area contributed by atoms with E-state index in [4.69, 9.17) is 9.73 Å². The van der Waals surface area contributed by atoms with Crippen LogP contribution in [0.2, 0.25) is 0 Å². The molecule has 3 rings (SSSR count). The van der Waals surface area contributed by atoms with Crippen molar-refractivity contribution in [2.75, 3.05) is 7.11 Å². The van der Waals surface area contributed by atoms with Gasteiger partial charge in [-0.2, -0.15) is 0 Å². The Balaban J connectivity index is 1.79. The van der Waals surface area contributed by atoms with Crippen LogP contribution in [0.5, 0.6) is 5.75 Å². The van der Waals surface area contributed by atoms with E-state index in [1.54, 1.807) is 18.4 Å².